The summed E-state index contributed by atoms with van der Waals surface area (Å²) >= 11 is 0. The molecular weight excluding hydrogens is 355 g/mol. The third-order valence-electron chi connectivity index (χ3n) is 4.34. The lowest BCUT2D eigenvalue weighted by molar-refractivity contribution is 0.301. The van der Waals surface area contributed by atoms with E-state index >= 15 is 0 Å². The normalized spacial score (nSPS) is 10.8. The van der Waals surface area contributed by atoms with Gasteiger partial charge in [0.05, 0.1) is 11.2 Å². The SMILES string of the molecule is Fc1ccc2ncnc(NCCc3ccc(OCc4ccccn4)cc3)c2c1. The first-order valence-electron chi connectivity index (χ1n) is 9.04. The Morgan fingerprint density at radius 2 is 1.82 bits per heavy atom. The van der Waals surface area contributed by atoms with Gasteiger partial charge >= 0.3 is 0 Å². The number of rotatable bonds is 7. The topological polar surface area (TPSA) is 59.9 Å². The third-order valence-corrected chi connectivity index (χ3v) is 4.34. The Labute approximate surface area is 162 Å². The molecule has 0 amide bonds. The van der Waals surface area contributed by atoms with Gasteiger partial charge in [0.15, 0.2) is 0 Å². The molecule has 140 valence electrons. The number of fused-ring (bicyclic) bond motifs is 1. The van der Waals surface area contributed by atoms with Gasteiger partial charge in [-0.05, 0) is 54.4 Å². The van der Waals surface area contributed by atoms with Gasteiger partial charge < -0.3 is 10.1 Å². The van der Waals surface area contributed by atoms with Crippen molar-refractivity contribution < 1.29 is 9.13 Å². The number of benzene rings is 2. The van der Waals surface area contributed by atoms with Gasteiger partial charge in [-0.1, -0.05) is 18.2 Å². The number of aromatic nitrogens is 3. The Balaban J connectivity index is 1.32. The van der Waals surface area contributed by atoms with E-state index in [4.69, 9.17) is 4.74 Å². The Bertz CT molecular complexity index is 1060. The van der Waals surface area contributed by atoms with Crippen LogP contribution in [0.3, 0.4) is 0 Å². The molecule has 4 aromatic rings. The number of ether oxygens (including phenoxy) is 1. The number of nitrogens with one attached hydrogen (secondary N) is 1. The zero-order valence-corrected chi connectivity index (χ0v) is 15.2. The van der Waals surface area contributed by atoms with Crippen LogP contribution in [0.15, 0.2) is 73.2 Å². The highest BCUT2D eigenvalue weighted by Crippen LogP contribution is 2.20. The number of nitrogens with zero attached hydrogens (tertiary/aromatic N) is 3. The van der Waals surface area contributed by atoms with Crippen LogP contribution in [0.5, 0.6) is 5.75 Å². The van der Waals surface area contributed by atoms with Gasteiger partial charge in [0.1, 0.15) is 30.3 Å². The van der Waals surface area contributed by atoms with Crippen LogP contribution in [0.4, 0.5) is 10.2 Å². The Morgan fingerprint density at radius 3 is 2.64 bits per heavy atom. The first-order chi connectivity index (χ1) is 13.8. The van der Waals surface area contributed by atoms with Gasteiger partial charge in [-0.2, -0.15) is 0 Å². The highest BCUT2D eigenvalue weighted by atomic mass is 19.1. The molecule has 28 heavy (non-hydrogen) atoms. The van der Waals surface area contributed by atoms with Crippen molar-refractivity contribution in [3.05, 3.63) is 90.3 Å². The zero-order chi connectivity index (χ0) is 19.2. The summed E-state index contributed by atoms with van der Waals surface area (Å²) in [7, 11) is 0. The molecule has 0 unspecified atom stereocenters. The van der Waals surface area contributed by atoms with E-state index in [-0.39, 0.29) is 5.82 Å². The average Bonchev–Trinajstić information content (AvgIpc) is 2.74. The van der Waals surface area contributed by atoms with Gasteiger partial charge in [0.2, 0.25) is 0 Å². The maximum atomic E-state index is 13.5. The summed E-state index contributed by atoms with van der Waals surface area (Å²) in [6, 6.07) is 18.2. The van der Waals surface area contributed by atoms with Gasteiger partial charge in [-0.25, -0.2) is 14.4 Å². The molecule has 0 radical (unpaired) electrons. The van der Waals surface area contributed by atoms with Crippen LogP contribution in [-0.4, -0.2) is 21.5 Å². The van der Waals surface area contributed by atoms with Crippen molar-refractivity contribution in [2.45, 2.75) is 13.0 Å². The van der Waals surface area contributed by atoms with Gasteiger partial charge in [0.25, 0.3) is 0 Å². The molecular formula is C22H19FN4O. The van der Waals surface area contributed by atoms with Crippen LogP contribution < -0.4 is 10.1 Å². The standard InChI is InChI=1S/C22H19FN4O/c23-17-6-9-21-20(13-17)22(27-15-26-21)25-12-10-16-4-7-19(8-5-16)28-14-18-3-1-2-11-24-18/h1-9,11,13,15H,10,12,14H2,(H,25,26,27). The van der Waals surface area contributed by atoms with E-state index < -0.39 is 0 Å². The highest BCUT2D eigenvalue weighted by Gasteiger charge is 2.05. The molecule has 2 heterocycles. The molecule has 1 N–H and O–H groups in total. The van der Waals surface area contributed by atoms with E-state index in [1.165, 1.54) is 24.0 Å². The summed E-state index contributed by atoms with van der Waals surface area (Å²) in [4.78, 5) is 12.6. The van der Waals surface area contributed by atoms with E-state index in [1.807, 2.05) is 42.5 Å². The molecule has 0 aliphatic carbocycles. The summed E-state index contributed by atoms with van der Waals surface area (Å²) in [5.41, 5.74) is 2.78. The predicted molar refractivity (Wildman–Crippen MR) is 107 cm³/mol. The molecule has 0 spiro atoms. The molecule has 5 nitrogen and oxygen atoms in total. The third kappa shape index (κ3) is 4.40. The zero-order valence-electron chi connectivity index (χ0n) is 15.2. The fourth-order valence-corrected chi connectivity index (χ4v) is 2.89. The van der Waals surface area contributed by atoms with Crippen molar-refractivity contribution in [2.24, 2.45) is 0 Å². The minimum absolute atomic E-state index is 0.299. The van der Waals surface area contributed by atoms with Crippen LogP contribution in [0.25, 0.3) is 10.9 Å². The fraction of sp³-hybridized carbons (Fsp3) is 0.136. The highest BCUT2D eigenvalue weighted by molar-refractivity contribution is 5.88. The first kappa shape index (κ1) is 17.9. The van der Waals surface area contributed by atoms with Crippen LogP contribution in [0.1, 0.15) is 11.3 Å². The molecule has 0 aliphatic rings. The quantitative estimate of drug-likeness (QED) is 0.520. The molecule has 0 bridgehead atoms. The second-order valence-corrected chi connectivity index (χ2v) is 6.31. The average molecular weight is 374 g/mol. The van der Waals surface area contributed by atoms with Crippen molar-refractivity contribution in [1.82, 2.24) is 15.0 Å². The lowest BCUT2D eigenvalue weighted by atomic mass is 10.1. The van der Waals surface area contributed by atoms with Crippen molar-refractivity contribution in [1.29, 1.82) is 0 Å². The minimum atomic E-state index is -0.299. The summed E-state index contributed by atoms with van der Waals surface area (Å²) in [6.07, 6.45) is 4.04. The summed E-state index contributed by atoms with van der Waals surface area (Å²) in [5.74, 6) is 1.14. The van der Waals surface area contributed by atoms with E-state index in [0.717, 1.165) is 17.9 Å². The molecule has 0 saturated carbocycles. The van der Waals surface area contributed by atoms with Gasteiger partial charge in [0, 0.05) is 18.1 Å². The molecule has 0 fully saturated rings. The largest absolute Gasteiger partial charge is 0.487 e. The number of hydrogen-bond acceptors (Lipinski definition) is 5. The van der Waals surface area contributed by atoms with E-state index in [0.29, 0.717) is 29.9 Å². The smallest absolute Gasteiger partial charge is 0.137 e. The number of anilines is 1. The molecule has 6 heteroatoms. The molecule has 2 aromatic carbocycles. The van der Waals surface area contributed by atoms with Gasteiger partial charge in [-0.15, -0.1) is 0 Å². The maximum Gasteiger partial charge on any atom is 0.137 e. The van der Waals surface area contributed by atoms with Crippen molar-refractivity contribution >= 4 is 16.7 Å². The van der Waals surface area contributed by atoms with Crippen LogP contribution >= 0.6 is 0 Å². The maximum absolute atomic E-state index is 13.5. The molecule has 2 aromatic heterocycles. The second-order valence-electron chi connectivity index (χ2n) is 6.31. The van der Waals surface area contributed by atoms with Crippen LogP contribution in [0, 0.1) is 5.82 Å². The summed E-state index contributed by atoms with van der Waals surface area (Å²) in [5, 5.41) is 3.95. The molecule has 0 saturated heterocycles. The van der Waals surface area contributed by atoms with Crippen LogP contribution in [-0.2, 0) is 13.0 Å². The van der Waals surface area contributed by atoms with Crippen LogP contribution in [0.2, 0.25) is 0 Å². The van der Waals surface area contributed by atoms with Crippen molar-refractivity contribution in [3.63, 3.8) is 0 Å². The second kappa shape index (κ2) is 8.43. The number of hydrogen-bond donors (Lipinski definition) is 1. The minimum Gasteiger partial charge on any atom is -0.487 e. The fourth-order valence-electron chi connectivity index (χ4n) is 2.89. The Hall–Kier alpha value is -3.54. The van der Waals surface area contributed by atoms with Crippen molar-refractivity contribution in [3.8, 4) is 5.75 Å². The monoisotopic (exact) mass is 374 g/mol. The number of halogens is 1. The Kier molecular flexibility index (Phi) is 5.38. The van der Waals surface area contributed by atoms with Crippen molar-refractivity contribution in [2.75, 3.05) is 11.9 Å². The summed E-state index contributed by atoms with van der Waals surface area (Å²) in [6.45, 7) is 1.12. The van der Waals surface area contributed by atoms with Gasteiger partial charge in [-0.3, -0.25) is 4.98 Å². The lowest BCUT2D eigenvalue weighted by Crippen LogP contribution is -2.07. The first-order valence-corrected chi connectivity index (χ1v) is 9.04. The Morgan fingerprint density at radius 1 is 0.929 bits per heavy atom. The van der Waals surface area contributed by atoms with E-state index in [1.54, 1.807) is 12.3 Å². The van der Waals surface area contributed by atoms with E-state index in [9.17, 15) is 4.39 Å². The molecule has 0 atom stereocenters. The lowest BCUT2D eigenvalue weighted by Gasteiger charge is -2.09. The molecule has 0 aliphatic heterocycles. The predicted octanol–water partition coefficient (Wildman–Crippen LogP) is 4.40. The summed E-state index contributed by atoms with van der Waals surface area (Å²) < 4.78 is 19.3. The molecule has 4 rings (SSSR count). The number of pyridine rings is 1. The van der Waals surface area contributed by atoms with E-state index in [2.05, 4.69) is 20.3 Å².